The van der Waals surface area contributed by atoms with Crippen LogP contribution in [-0.4, -0.2) is 22.0 Å². The molecule has 0 aliphatic carbocycles. The molecule has 140 valence electrons. The van der Waals surface area contributed by atoms with Crippen molar-refractivity contribution in [3.8, 4) is 5.75 Å². The topological polar surface area (TPSA) is 69.9 Å². The van der Waals surface area contributed by atoms with Gasteiger partial charge in [-0.3, -0.25) is 14.0 Å². The van der Waals surface area contributed by atoms with Crippen molar-refractivity contribution < 1.29 is 23.0 Å². The van der Waals surface area contributed by atoms with Crippen molar-refractivity contribution in [3.63, 3.8) is 0 Å². The molecule has 1 aromatic carbocycles. The fourth-order valence-electron chi connectivity index (χ4n) is 2.49. The first kappa shape index (κ1) is 18.5. The zero-order chi connectivity index (χ0) is 19.4. The average Bonchev–Trinajstić information content (AvgIpc) is 2.62. The van der Waals surface area contributed by atoms with Gasteiger partial charge in [-0.15, -0.1) is 0 Å². The lowest BCUT2D eigenvalue weighted by molar-refractivity contribution is -0.144. The molecule has 8 heteroatoms. The molecule has 3 aromatic rings. The highest BCUT2D eigenvalue weighted by Gasteiger charge is 2.09. The van der Waals surface area contributed by atoms with Crippen molar-refractivity contribution in [2.24, 2.45) is 0 Å². The Hall–Kier alpha value is -3.29. The first-order valence-corrected chi connectivity index (χ1v) is 8.09. The van der Waals surface area contributed by atoms with Gasteiger partial charge in [0.05, 0.1) is 12.1 Å². The van der Waals surface area contributed by atoms with Crippen LogP contribution in [0.15, 0.2) is 53.5 Å². The maximum absolute atomic E-state index is 12.1. The van der Waals surface area contributed by atoms with Gasteiger partial charge in [-0.05, 0) is 36.2 Å². The smallest absolute Gasteiger partial charge is 0.387 e. The van der Waals surface area contributed by atoms with Crippen molar-refractivity contribution >= 4 is 11.6 Å². The molecule has 0 saturated heterocycles. The van der Waals surface area contributed by atoms with E-state index in [0.717, 1.165) is 5.56 Å². The van der Waals surface area contributed by atoms with Gasteiger partial charge in [0.25, 0.3) is 5.56 Å². The molecule has 0 saturated carbocycles. The number of hydrogen-bond donors (Lipinski definition) is 0. The Morgan fingerprint density at radius 2 is 1.93 bits per heavy atom. The normalized spacial score (nSPS) is 11.0. The number of hydrogen-bond acceptors (Lipinski definition) is 5. The van der Waals surface area contributed by atoms with Gasteiger partial charge in [-0.1, -0.05) is 18.2 Å². The number of alkyl halides is 2. The zero-order valence-electron chi connectivity index (χ0n) is 14.4. The number of nitrogens with zero attached hydrogens (tertiary/aromatic N) is 2. The molecule has 2 heterocycles. The molecule has 0 spiro atoms. The number of aromatic nitrogens is 2. The quantitative estimate of drug-likeness (QED) is 0.621. The van der Waals surface area contributed by atoms with Gasteiger partial charge in [0.1, 0.15) is 18.0 Å². The number of esters is 1. The minimum atomic E-state index is -2.90. The predicted octanol–water partition coefficient (Wildman–Crippen LogP) is 2.89. The third kappa shape index (κ3) is 4.87. The van der Waals surface area contributed by atoms with Crippen molar-refractivity contribution in [1.29, 1.82) is 0 Å². The summed E-state index contributed by atoms with van der Waals surface area (Å²) in [5.74, 6) is -0.512. The SMILES string of the molecule is Cc1ccc2nc(COC(=O)Cc3ccc(OC(F)F)cc3)cc(=O)n2c1. The summed E-state index contributed by atoms with van der Waals surface area (Å²) >= 11 is 0. The number of carbonyl (C=O) groups excluding carboxylic acids is 1. The lowest BCUT2D eigenvalue weighted by atomic mass is 10.1. The summed E-state index contributed by atoms with van der Waals surface area (Å²) in [4.78, 5) is 28.4. The molecule has 0 unspecified atom stereocenters. The van der Waals surface area contributed by atoms with Gasteiger partial charge in [0, 0.05) is 12.3 Å². The molecule has 6 nitrogen and oxygen atoms in total. The molecular formula is C19H16F2N2O4. The molecule has 0 atom stereocenters. The Morgan fingerprint density at radius 1 is 1.19 bits per heavy atom. The van der Waals surface area contributed by atoms with Crippen molar-refractivity contribution in [2.45, 2.75) is 26.6 Å². The maximum atomic E-state index is 12.1. The third-order valence-electron chi connectivity index (χ3n) is 3.74. The van der Waals surface area contributed by atoms with E-state index in [4.69, 9.17) is 4.74 Å². The summed E-state index contributed by atoms with van der Waals surface area (Å²) in [7, 11) is 0. The van der Waals surface area contributed by atoms with Gasteiger partial charge >= 0.3 is 12.6 Å². The minimum absolute atomic E-state index is 0.0122. The summed E-state index contributed by atoms with van der Waals surface area (Å²) in [5.41, 5.74) is 2.06. The van der Waals surface area contributed by atoms with Gasteiger partial charge in [0.2, 0.25) is 0 Å². The third-order valence-corrected chi connectivity index (χ3v) is 3.74. The molecule has 27 heavy (non-hydrogen) atoms. The molecule has 0 N–H and O–H groups in total. The van der Waals surface area contributed by atoms with Crippen molar-refractivity contribution in [1.82, 2.24) is 9.38 Å². The molecule has 0 bridgehead atoms. The Morgan fingerprint density at radius 3 is 2.63 bits per heavy atom. The molecule has 2 aromatic heterocycles. The molecule has 0 fully saturated rings. The fourth-order valence-corrected chi connectivity index (χ4v) is 2.49. The highest BCUT2D eigenvalue weighted by molar-refractivity contribution is 5.72. The van der Waals surface area contributed by atoms with Crippen LogP contribution in [0.25, 0.3) is 5.65 Å². The Bertz CT molecular complexity index is 1020. The Balaban J connectivity index is 1.61. The largest absolute Gasteiger partial charge is 0.459 e. The number of aryl methyl sites for hydroxylation is 1. The Labute approximate surface area is 153 Å². The van der Waals surface area contributed by atoms with E-state index in [1.807, 2.05) is 13.0 Å². The van der Waals surface area contributed by atoms with E-state index in [1.54, 1.807) is 12.3 Å². The van der Waals surface area contributed by atoms with E-state index in [1.165, 1.54) is 34.7 Å². The number of benzene rings is 1. The van der Waals surface area contributed by atoms with Gasteiger partial charge in [-0.2, -0.15) is 8.78 Å². The van der Waals surface area contributed by atoms with Crippen LogP contribution in [-0.2, 0) is 22.6 Å². The standard InChI is InChI=1S/C19H16F2N2O4/c1-12-2-7-16-22-14(9-17(24)23(16)10-12)11-26-18(25)8-13-3-5-15(6-4-13)27-19(20)21/h2-7,9-10,19H,8,11H2,1H3. The van der Waals surface area contributed by atoms with Crippen molar-refractivity contribution in [3.05, 3.63) is 75.8 Å². The number of carbonyl (C=O) groups is 1. The summed E-state index contributed by atoms with van der Waals surface area (Å²) in [6, 6.07) is 10.6. The molecule has 0 radical (unpaired) electrons. The van der Waals surface area contributed by atoms with Crippen LogP contribution >= 0.6 is 0 Å². The number of rotatable bonds is 6. The first-order valence-electron chi connectivity index (χ1n) is 8.09. The first-order chi connectivity index (χ1) is 12.9. The molecular weight excluding hydrogens is 358 g/mol. The van der Waals surface area contributed by atoms with Crippen LogP contribution in [0.2, 0.25) is 0 Å². The fraction of sp³-hybridized carbons (Fsp3) is 0.211. The van der Waals surface area contributed by atoms with Crippen LogP contribution < -0.4 is 10.3 Å². The van der Waals surface area contributed by atoms with Crippen LogP contribution in [0.3, 0.4) is 0 Å². The number of pyridine rings is 1. The van der Waals surface area contributed by atoms with E-state index in [2.05, 4.69) is 9.72 Å². The van der Waals surface area contributed by atoms with Gasteiger partial charge in [-0.25, -0.2) is 4.98 Å². The monoisotopic (exact) mass is 374 g/mol. The molecule has 0 amide bonds. The molecule has 0 aliphatic rings. The number of halogens is 2. The van der Waals surface area contributed by atoms with Gasteiger partial charge in [0.15, 0.2) is 0 Å². The summed E-state index contributed by atoms with van der Waals surface area (Å²) in [5, 5.41) is 0. The summed E-state index contributed by atoms with van der Waals surface area (Å²) in [6.07, 6.45) is 1.64. The summed E-state index contributed by atoms with van der Waals surface area (Å²) < 4.78 is 35.0. The summed E-state index contributed by atoms with van der Waals surface area (Å²) in [6.45, 7) is -1.16. The lowest BCUT2D eigenvalue weighted by Crippen LogP contribution is -2.17. The highest BCUT2D eigenvalue weighted by atomic mass is 19.3. The minimum Gasteiger partial charge on any atom is -0.459 e. The van der Waals surface area contributed by atoms with E-state index < -0.39 is 12.6 Å². The second-order valence-electron chi connectivity index (χ2n) is 5.88. The second-order valence-corrected chi connectivity index (χ2v) is 5.88. The van der Waals surface area contributed by atoms with Crippen molar-refractivity contribution in [2.75, 3.05) is 0 Å². The van der Waals surface area contributed by atoms with Crippen LogP contribution in [0.5, 0.6) is 5.75 Å². The number of ether oxygens (including phenoxy) is 2. The Kier molecular flexibility index (Phi) is 5.44. The van der Waals surface area contributed by atoms with E-state index in [9.17, 15) is 18.4 Å². The maximum Gasteiger partial charge on any atom is 0.387 e. The average molecular weight is 374 g/mol. The van der Waals surface area contributed by atoms with E-state index in [0.29, 0.717) is 16.9 Å². The van der Waals surface area contributed by atoms with Crippen LogP contribution in [0.1, 0.15) is 16.8 Å². The number of fused-ring (bicyclic) bond motifs is 1. The van der Waals surface area contributed by atoms with Crippen LogP contribution in [0.4, 0.5) is 8.78 Å². The predicted molar refractivity (Wildman–Crippen MR) is 92.8 cm³/mol. The van der Waals surface area contributed by atoms with Gasteiger partial charge < -0.3 is 9.47 Å². The van der Waals surface area contributed by atoms with Crippen LogP contribution in [0, 0.1) is 6.92 Å². The van der Waals surface area contributed by atoms with E-state index in [-0.39, 0.29) is 24.3 Å². The highest BCUT2D eigenvalue weighted by Crippen LogP contribution is 2.15. The molecule has 0 aliphatic heterocycles. The second kappa shape index (κ2) is 7.94. The van der Waals surface area contributed by atoms with E-state index >= 15 is 0 Å². The zero-order valence-corrected chi connectivity index (χ0v) is 14.4. The molecule has 3 rings (SSSR count). The lowest BCUT2D eigenvalue weighted by Gasteiger charge is -2.07.